The van der Waals surface area contributed by atoms with Crippen LogP contribution in [0.2, 0.25) is 0 Å². The third kappa shape index (κ3) is 6.45. The third-order valence-electron chi connectivity index (χ3n) is 13.1. The number of hydrogen-bond acceptors (Lipinski definition) is 2. The Hall–Kier alpha value is -5.80. The summed E-state index contributed by atoms with van der Waals surface area (Å²) in [5.41, 5.74) is 20.2. The molecular formula is C54H54N4O2P2. The number of benzene rings is 5. The van der Waals surface area contributed by atoms with E-state index in [0.29, 0.717) is 0 Å². The lowest BCUT2D eigenvalue weighted by Crippen LogP contribution is -2.12. The van der Waals surface area contributed by atoms with Gasteiger partial charge in [-0.2, -0.15) is 0 Å². The zero-order valence-electron chi connectivity index (χ0n) is 37.5. The molecule has 62 heavy (non-hydrogen) atoms. The fourth-order valence-electron chi connectivity index (χ4n) is 9.64. The van der Waals surface area contributed by atoms with Gasteiger partial charge in [0.1, 0.15) is 11.5 Å². The molecule has 9 aromatic rings. The predicted molar refractivity (Wildman–Crippen MR) is 264 cm³/mol. The molecule has 6 nitrogen and oxygen atoms in total. The molecule has 0 aliphatic heterocycles. The van der Waals surface area contributed by atoms with Crippen LogP contribution in [-0.2, 0) is 6.42 Å². The van der Waals surface area contributed by atoms with Crippen LogP contribution in [0.4, 0.5) is 0 Å². The van der Waals surface area contributed by atoms with Crippen molar-refractivity contribution in [2.75, 3.05) is 0 Å². The minimum absolute atomic E-state index is 0.890. The van der Waals surface area contributed by atoms with E-state index in [2.05, 4.69) is 208 Å². The standard InChI is InChI=1S/C54H54N4O2P2/c1-33-27-35(3)51(53(41(33)9)59-61(55-29-37(5)43-19-11-15-23-47(43)55)56-30-38(6)44-20-12-16-24-48(44)56)52-36(4)28-34(2)42(10)54(52)60-62(57-31-39(7)45-21-13-17-25-49(45)57)58-32-40(8)46-22-14-18-26-50(46)58/h11-17,19-25,27-32H,18,26H2,1-10H3. The predicted octanol–water partition coefficient (Wildman–Crippen LogP) is 15.5. The Morgan fingerprint density at radius 3 is 1.26 bits per heavy atom. The van der Waals surface area contributed by atoms with E-state index in [0.717, 1.165) is 68.8 Å². The van der Waals surface area contributed by atoms with Crippen molar-refractivity contribution in [2.24, 2.45) is 0 Å². The van der Waals surface area contributed by atoms with E-state index in [1.807, 2.05) is 0 Å². The van der Waals surface area contributed by atoms with E-state index in [1.54, 1.807) is 0 Å². The van der Waals surface area contributed by atoms with Gasteiger partial charge in [-0.3, -0.25) is 17.4 Å². The summed E-state index contributed by atoms with van der Waals surface area (Å²) in [4.78, 5) is 0. The molecule has 10 rings (SSSR count). The van der Waals surface area contributed by atoms with Crippen LogP contribution in [0.5, 0.6) is 11.5 Å². The van der Waals surface area contributed by atoms with Gasteiger partial charge in [-0.05, 0) is 161 Å². The van der Waals surface area contributed by atoms with E-state index < -0.39 is 16.9 Å². The molecule has 0 N–H and O–H groups in total. The zero-order valence-corrected chi connectivity index (χ0v) is 39.2. The third-order valence-corrected chi connectivity index (χ3v) is 16.7. The first kappa shape index (κ1) is 40.3. The second-order valence-corrected chi connectivity index (χ2v) is 20.4. The van der Waals surface area contributed by atoms with E-state index >= 15 is 0 Å². The van der Waals surface area contributed by atoms with Gasteiger partial charge < -0.3 is 9.05 Å². The van der Waals surface area contributed by atoms with Crippen molar-refractivity contribution in [2.45, 2.75) is 82.1 Å². The highest BCUT2D eigenvalue weighted by Gasteiger charge is 2.32. The Morgan fingerprint density at radius 1 is 0.435 bits per heavy atom. The normalized spacial score (nSPS) is 13.2. The van der Waals surface area contributed by atoms with Gasteiger partial charge in [-0.1, -0.05) is 78.9 Å². The molecule has 5 aromatic carbocycles. The number of para-hydroxylation sites is 3. The average molecular weight is 853 g/mol. The largest absolute Gasteiger partial charge is 0.435 e. The molecule has 4 aromatic heterocycles. The first-order chi connectivity index (χ1) is 29.9. The Balaban J connectivity index is 1.22. The van der Waals surface area contributed by atoms with Crippen LogP contribution in [-0.4, -0.2) is 17.4 Å². The smallest absolute Gasteiger partial charge is 0.318 e. The lowest BCUT2D eigenvalue weighted by atomic mass is 9.88. The van der Waals surface area contributed by atoms with Crippen molar-refractivity contribution in [1.82, 2.24) is 17.4 Å². The number of nitrogens with zero attached hydrogens (tertiary/aromatic N) is 4. The van der Waals surface area contributed by atoms with Gasteiger partial charge in [0, 0.05) is 57.8 Å². The molecule has 0 saturated heterocycles. The highest BCUT2D eigenvalue weighted by Crippen LogP contribution is 2.56. The van der Waals surface area contributed by atoms with Gasteiger partial charge in [-0.25, -0.2) is 0 Å². The molecule has 0 spiro atoms. The molecule has 0 amide bonds. The molecule has 0 fully saturated rings. The van der Waals surface area contributed by atoms with Crippen LogP contribution in [0.15, 0.2) is 116 Å². The molecular weight excluding hydrogens is 799 g/mol. The molecule has 8 heteroatoms. The summed E-state index contributed by atoms with van der Waals surface area (Å²) in [6.07, 6.45) is 15.8. The summed E-state index contributed by atoms with van der Waals surface area (Å²) in [7, 11) is -2.94. The molecule has 1 aliphatic carbocycles. The van der Waals surface area contributed by atoms with Crippen LogP contribution in [0.25, 0.3) is 49.9 Å². The average Bonchev–Trinajstić information content (AvgIpc) is 4.00. The topological polar surface area (TPSA) is 38.2 Å². The van der Waals surface area contributed by atoms with Crippen molar-refractivity contribution >= 4 is 55.7 Å². The molecule has 312 valence electrons. The SMILES string of the molecule is Cc1cc(C)c(-c2c(C)cc(C)c(C)c2OP(n2cc(C)c3ccccc32)n2cc(C)c3ccccc32)c(OP(n2cc(C)c3c2CCC=C3)n2cc(C)c3ccccc32)c1C. The fourth-order valence-corrected chi connectivity index (χ4v) is 13.8. The van der Waals surface area contributed by atoms with Crippen LogP contribution < -0.4 is 9.05 Å². The first-order valence-electron chi connectivity index (χ1n) is 21.7. The minimum atomic E-state index is -1.49. The highest BCUT2D eigenvalue weighted by molar-refractivity contribution is 7.50. The summed E-state index contributed by atoms with van der Waals surface area (Å²) in [6, 6.07) is 30.8. The zero-order chi connectivity index (χ0) is 43.1. The molecule has 4 heterocycles. The number of aromatic nitrogens is 4. The first-order valence-corrected chi connectivity index (χ1v) is 24.0. The summed E-state index contributed by atoms with van der Waals surface area (Å²) < 4.78 is 25.3. The van der Waals surface area contributed by atoms with Crippen molar-refractivity contribution in [3.05, 3.63) is 183 Å². The molecule has 1 aliphatic rings. The van der Waals surface area contributed by atoms with Crippen LogP contribution >= 0.6 is 16.9 Å². The van der Waals surface area contributed by atoms with E-state index in [4.69, 9.17) is 9.05 Å². The maximum Gasteiger partial charge on any atom is 0.318 e. The van der Waals surface area contributed by atoms with Crippen LogP contribution in [0.3, 0.4) is 0 Å². The second kappa shape index (κ2) is 15.5. The lowest BCUT2D eigenvalue weighted by molar-refractivity contribution is 0.580. The van der Waals surface area contributed by atoms with E-state index in [-0.39, 0.29) is 0 Å². The molecule has 0 bridgehead atoms. The van der Waals surface area contributed by atoms with Gasteiger partial charge in [0.15, 0.2) is 0 Å². The lowest BCUT2D eigenvalue weighted by Gasteiger charge is -2.30. The van der Waals surface area contributed by atoms with E-state index in [1.165, 1.54) is 66.3 Å². The molecule has 0 radical (unpaired) electrons. The van der Waals surface area contributed by atoms with Gasteiger partial charge in [0.2, 0.25) is 0 Å². The van der Waals surface area contributed by atoms with Gasteiger partial charge in [0.05, 0.1) is 16.6 Å². The Bertz CT molecular complexity index is 3200. The monoisotopic (exact) mass is 852 g/mol. The number of fused-ring (bicyclic) bond motifs is 4. The maximum atomic E-state index is 7.85. The van der Waals surface area contributed by atoms with Gasteiger partial charge in [-0.15, -0.1) is 0 Å². The van der Waals surface area contributed by atoms with Crippen molar-refractivity contribution < 1.29 is 9.05 Å². The van der Waals surface area contributed by atoms with Crippen molar-refractivity contribution in [3.8, 4) is 22.6 Å². The Morgan fingerprint density at radius 2 is 0.823 bits per heavy atom. The van der Waals surface area contributed by atoms with Crippen molar-refractivity contribution in [1.29, 1.82) is 0 Å². The summed E-state index contributed by atoms with van der Waals surface area (Å²) in [5, 5.41) is 3.70. The molecule has 1 unspecified atom stereocenters. The van der Waals surface area contributed by atoms with Gasteiger partial charge in [0.25, 0.3) is 0 Å². The Labute approximate surface area is 367 Å². The summed E-state index contributed by atoms with van der Waals surface area (Å²) in [6.45, 7) is 22.2. The Kier molecular flexibility index (Phi) is 10.1. The van der Waals surface area contributed by atoms with E-state index in [9.17, 15) is 0 Å². The van der Waals surface area contributed by atoms with Crippen LogP contribution in [0, 0.1) is 69.2 Å². The number of aryl methyl sites for hydroxylation is 8. The fraction of sp³-hybridized carbons (Fsp3) is 0.222. The van der Waals surface area contributed by atoms with Gasteiger partial charge >= 0.3 is 16.9 Å². The number of allylic oxidation sites excluding steroid dienone is 1. The molecule has 1 atom stereocenters. The molecule has 0 saturated carbocycles. The highest BCUT2D eigenvalue weighted by atomic mass is 31.2. The quantitative estimate of drug-likeness (QED) is 0.136. The summed E-state index contributed by atoms with van der Waals surface area (Å²) >= 11 is 0. The minimum Gasteiger partial charge on any atom is -0.435 e. The van der Waals surface area contributed by atoms with Crippen LogP contribution in [0.1, 0.15) is 73.3 Å². The number of hydrogen-bond donors (Lipinski definition) is 0. The number of rotatable bonds is 9. The maximum absolute atomic E-state index is 7.85. The van der Waals surface area contributed by atoms with Crippen molar-refractivity contribution in [3.63, 3.8) is 0 Å². The summed E-state index contributed by atoms with van der Waals surface area (Å²) in [5.74, 6) is 1.79. The second-order valence-electron chi connectivity index (χ2n) is 17.3.